The third kappa shape index (κ3) is 7.08. The minimum Gasteiger partial charge on any atom is -0.492 e. The Morgan fingerprint density at radius 3 is 2.21 bits per heavy atom. The summed E-state index contributed by atoms with van der Waals surface area (Å²) in [5.74, 6) is 1.11. The number of esters is 1. The van der Waals surface area contributed by atoms with Gasteiger partial charge in [0.25, 0.3) is 0 Å². The summed E-state index contributed by atoms with van der Waals surface area (Å²) in [6.07, 6.45) is 2.44. The van der Waals surface area contributed by atoms with Crippen molar-refractivity contribution in [3.05, 3.63) is 101 Å². The first-order valence-corrected chi connectivity index (χ1v) is 11.9. The lowest BCUT2D eigenvalue weighted by Gasteiger charge is -2.37. The minimum absolute atomic E-state index is 0.0410. The summed E-state index contributed by atoms with van der Waals surface area (Å²) in [5.41, 5.74) is 2.39. The van der Waals surface area contributed by atoms with E-state index >= 15 is 0 Å². The van der Waals surface area contributed by atoms with E-state index in [1.165, 1.54) is 5.56 Å². The standard InChI is InChI=1S/C28H30ClNO3/c29-25-11-13-27(14-12-25)32-21-26(19-28(31)33-20-22-7-3-1-4-8-22)30-17-15-24(16-18-30)23-9-5-2-6-10-23/h1-14,24,26H,15-21H2. The third-order valence-corrected chi connectivity index (χ3v) is 6.47. The Bertz CT molecular complexity index is 987. The van der Waals surface area contributed by atoms with Crippen molar-refractivity contribution >= 4 is 17.6 Å². The first-order valence-electron chi connectivity index (χ1n) is 11.5. The van der Waals surface area contributed by atoms with Crippen molar-refractivity contribution < 1.29 is 14.3 Å². The van der Waals surface area contributed by atoms with E-state index < -0.39 is 0 Å². The van der Waals surface area contributed by atoms with Gasteiger partial charge in [-0.15, -0.1) is 0 Å². The predicted molar refractivity (Wildman–Crippen MR) is 132 cm³/mol. The Labute approximate surface area is 201 Å². The first-order chi connectivity index (χ1) is 16.2. The summed E-state index contributed by atoms with van der Waals surface area (Å²) in [4.78, 5) is 15.1. The topological polar surface area (TPSA) is 38.8 Å². The molecule has 4 rings (SSSR count). The lowest BCUT2D eigenvalue weighted by atomic mass is 9.89. The van der Waals surface area contributed by atoms with Gasteiger partial charge in [-0.3, -0.25) is 9.69 Å². The van der Waals surface area contributed by atoms with E-state index in [4.69, 9.17) is 21.1 Å². The average molecular weight is 464 g/mol. The molecular weight excluding hydrogens is 434 g/mol. The Kier molecular flexibility index (Phi) is 8.40. The van der Waals surface area contributed by atoms with Gasteiger partial charge in [0.15, 0.2) is 0 Å². The molecule has 3 aromatic carbocycles. The average Bonchev–Trinajstić information content (AvgIpc) is 2.87. The number of piperidine rings is 1. The van der Waals surface area contributed by atoms with Crippen molar-refractivity contribution in [3.8, 4) is 5.75 Å². The molecule has 0 N–H and O–H groups in total. The fraction of sp³-hybridized carbons (Fsp3) is 0.321. The lowest BCUT2D eigenvalue weighted by Crippen LogP contribution is -2.45. The number of benzene rings is 3. The maximum absolute atomic E-state index is 12.7. The monoisotopic (exact) mass is 463 g/mol. The van der Waals surface area contributed by atoms with E-state index in [2.05, 4.69) is 35.2 Å². The fourth-order valence-corrected chi connectivity index (χ4v) is 4.46. The smallest absolute Gasteiger partial charge is 0.307 e. The molecule has 0 spiro atoms. The molecule has 1 heterocycles. The molecule has 0 saturated carbocycles. The van der Waals surface area contributed by atoms with Crippen LogP contribution in [0.1, 0.15) is 36.3 Å². The van der Waals surface area contributed by atoms with E-state index in [1.54, 1.807) is 0 Å². The number of hydrogen-bond donors (Lipinski definition) is 0. The Hall–Kier alpha value is -2.82. The van der Waals surface area contributed by atoms with Gasteiger partial charge < -0.3 is 9.47 Å². The van der Waals surface area contributed by atoms with Crippen LogP contribution < -0.4 is 4.74 Å². The second-order valence-electron chi connectivity index (χ2n) is 8.49. The van der Waals surface area contributed by atoms with E-state index in [0.717, 1.165) is 37.2 Å². The second-order valence-corrected chi connectivity index (χ2v) is 8.93. The van der Waals surface area contributed by atoms with Crippen molar-refractivity contribution in [1.82, 2.24) is 4.90 Å². The number of halogens is 1. The van der Waals surface area contributed by atoms with Gasteiger partial charge in [0.2, 0.25) is 0 Å². The number of ether oxygens (including phenoxy) is 2. The summed E-state index contributed by atoms with van der Waals surface area (Å²) in [6.45, 7) is 2.58. The van der Waals surface area contributed by atoms with Crippen LogP contribution in [0.5, 0.6) is 5.75 Å². The molecule has 3 aromatic rings. The van der Waals surface area contributed by atoms with Crippen LogP contribution in [-0.4, -0.2) is 36.6 Å². The normalized spacial score (nSPS) is 15.7. The highest BCUT2D eigenvalue weighted by Gasteiger charge is 2.28. The summed E-state index contributed by atoms with van der Waals surface area (Å²) in [5, 5.41) is 0.673. The quantitative estimate of drug-likeness (QED) is 0.359. The molecule has 0 amide bonds. The molecule has 1 saturated heterocycles. The van der Waals surface area contributed by atoms with Crippen LogP contribution in [0.3, 0.4) is 0 Å². The molecule has 5 heteroatoms. The molecule has 172 valence electrons. The van der Waals surface area contributed by atoms with Gasteiger partial charge in [-0.05, 0) is 67.2 Å². The van der Waals surface area contributed by atoms with Crippen LogP contribution in [0, 0.1) is 0 Å². The van der Waals surface area contributed by atoms with Crippen LogP contribution in [0.4, 0.5) is 0 Å². The van der Waals surface area contributed by atoms with Gasteiger partial charge >= 0.3 is 5.97 Å². The zero-order valence-corrected chi connectivity index (χ0v) is 19.5. The molecule has 1 atom stereocenters. The van der Waals surface area contributed by atoms with Crippen molar-refractivity contribution in [2.75, 3.05) is 19.7 Å². The highest BCUT2D eigenvalue weighted by molar-refractivity contribution is 6.30. The molecule has 1 unspecified atom stereocenters. The third-order valence-electron chi connectivity index (χ3n) is 6.22. The SMILES string of the molecule is O=C(CC(COc1ccc(Cl)cc1)N1CCC(c2ccccc2)CC1)OCc1ccccc1. The minimum atomic E-state index is -0.200. The predicted octanol–water partition coefficient (Wildman–Crippen LogP) is 6.10. The summed E-state index contributed by atoms with van der Waals surface area (Å²) >= 11 is 5.99. The molecule has 4 nitrogen and oxygen atoms in total. The van der Waals surface area contributed by atoms with Crippen molar-refractivity contribution in [3.63, 3.8) is 0 Å². The van der Waals surface area contributed by atoms with E-state index in [0.29, 0.717) is 30.6 Å². The van der Waals surface area contributed by atoms with E-state index in [9.17, 15) is 4.79 Å². The van der Waals surface area contributed by atoms with Crippen LogP contribution in [0.25, 0.3) is 0 Å². The highest BCUT2D eigenvalue weighted by Crippen LogP contribution is 2.29. The fourth-order valence-electron chi connectivity index (χ4n) is 4.33. The maximum Gasteiger partial charge on any atom is 0.307 e. The number of carbonyl (C=O) groups is 1. The van der Waals surface area contributed by atoms with E-state index in [1.807, 2.05) is 54.6 Å². The molecule has 1 fully saturated rings. The molecule has 0 bridgehead atoms. The van der Waals surface area contributed by atoms with Gasteiger partial charge in [-0.2, -0.15) is 0 Å². The molecule has 0 aliphatic carbocycles. The Morgan fingerprint density at radius 2 is 1.55 bits per heavy atom. The Balaban J connectivity index is 1.36. The first kappa shape index (κ1) is 23.3. The summed E-state index contributed by atoms with van der Waals surface area (Å²) in [6, 6.07) is 27.8. The van der Waals surface area contributed by atoms with Gasteiger partial charge in [0.1, 0.15) is 19.0 Å². The second kappa shape index (κ2) is 11.9. The largest absolute Gasteiger partial charge is 0.492 e. The highest BCUT2D eigenvalue weighted by atomic mass is 35.5. The summed E-state index contributed by atoms with van der Waals surface area (Å²) in [7, 11) is 0. The molecule has 1 aliphatic heterocycles. The zero-order valence-electron chi connectivity index (χ0n) is 18.7. The van der Waals surface area contributed by atoms with Gasteiger partial charge in [-0.25, -0.2) is 0 Å². The lowest BCUT2D eigenvalue weighted by molar-refractivity contribution is -0.146. The van der Waals surface area contributed by atoms with Crippen LogP contribution in [-0.2, 0) is 16.1 Å². The number of carbonyl (C=O) groups excluding carboxylic acids is 1. The number of nitrogens with zero attached hydrogens (tertiary/aromatic N) is 1. The van der Waals surface area contributed by atoms with Crippen molar-refractivity contribution in [2.45, 2.75) is 37.8 Å². The van der Waals surface area contributed by atoms with Gasteiger partial charge in [0, 0.05) is 5.02 Å². The van der Waals surface area contributed by atoms with Crippen molar-refractivity contribution in [1.29, 1.82) is 0 Å². The Morgan fingerprint density at radius 1 is 0.909 bits per heavy atom. The molecule has 33 heavy (non-hydrogen) atoms. The molecule has 0 aromatic heterocycles. The number of rotatable bonds is 9. The molecule has 1 aliphatic rings. The maximum atomic E-state index is 12.7. The number of hydrogen-bond acceptors (Lipinski definition) is 4. The number of likely N-dealkylation sites (tertiary alicyclic amines) is 1. The van der Waals surface area contributed by atoms with Crippen LogP contribution in [0.15, 0.2) is 84.9 Å². The molecular formula is C28H30ClNO3. The zero-order chi connectivity index (χ0) is 22.9. The summed E-state index contributed by atoms with van der Waals surface area (Å²) < 4.78 is 11.6. The van der Waals surface area contributed by atoms with Crippen LogP contribution in [0.2, 0.25) is 5.02 Å². The molecule has 0 radical (unpaired) electrons. The van der Waals surface area contributed by atoms with Gasteiger partial charge in [-0.1, -0.05) is 72.3 Å². The van der Waals surface area contributed by atoms with Crippen LogP contribution >= 0.6 is 11.6 Å². The van der Waals surface area contributed by atoms with Crippen molar-refractivity contribution in [2.24, 2.45) is 0 Å². The van der Waals surface area contributed by atoms with Gasteiger partial charge in [0.05, 0.1) is 12.5 Å². The van der Waals surface area contributed by atoms with E-state index in [-0.39, 0.29) is 12.0 Å².